The SMILES string of the molecule is Cc1ccccc1OCn1ccc(C(=O)NCC(=O)C(C)(C)C)n1. The van der Waals surface area contributed by atoms with E-state index in [0.29, 0.717) is 0 Å². The maximum absolute atomic E-state index is 12.0. The summed E-state index contributed by atoms with van der Waals surface area (Å²) in [6, 6.07) is 9.28. The average molecular weight is 329 g/mol. The fourth-order valence-electron chi connectivity index (χ4n) is 1.93. The lowest BCUT2D eigenvalue weighted by Gasteiger charge is -2.16. The number of nitrogens with one attached hydrogen (secondary N) is 1. The van der Waals surface area contributed by atoms with Crippen LogP contribution in [0, 0.1) is 12.3 Å². The number of aromatic nitrogens is 2. The Morgan fingerprint density at radius 1 is 1.21 bits per heavy atom. The van der Waals surface area contributed by atoms with Gasteiger partial charge in [-0.3, -0.25) is 9.59 Å². The van der Waals surface area contributed by atoms with Crippen LogP contribution in [-0.2, 0) is 11.5 Å². The van der Waals surface area contributed by atoms with Gasteiger partial charge in [0.05, 0.1) is 6.54 Å². The third-order valence-corrected chi connectivity index (χ3v) is 3.57. The minimum absolute atomic E-state index is 0.00506. The van der Waals surface area contributed by atoms with Crippen molar-refractivity contribution in [1.82, 2.24) is 15.1 Å². The molecule has 6 heteroatoms. The summed E-state index contributed by atoms with van der Waals surface area (Å²) in [4.78, 5) is 23.9. The van der Waals surface area contributed by atoms with Gasteiger partial charge < -0.3 is 10.1 Å². The topological polar surface area (TPSA) is 73.2 Å². The molecular weight excluding hydrogens is 306 g/mol. The van der Waals surface area contributed by atoms with Crippen LogP contribution in [0.25, 0.3) is 0 Å². The predicted octanol–water partition coefficient (Wildman–Crippen LogP) is 2.57. The summed E-state index contributed by atoms with van der Waals surface area (Å²) in [6.07, 6.45) is 1.67. The van der Waals surface area contributed by atoms with Crippen LogP contribution in [0.1, 0.15) is 36.8 Å². The van der Waals surface area contributed by atoms with E-state index < -0.39 is 5.41 Å². The van der Waals surface area contributed by atoms with Crippen molar-refractivity contribution >= 4 is 11.7 Å². The number of carbonyl (C=O) groups excluding carboxylic acids is 2. The van der Waals surface area contributed by atoms with Gasteiger partial charge in [0.1, 0.15) is 11.4 Å². The number of rotatable bonds is 6. The maximum Gasteiger partial charge on any atom is 0.272 e. The quantitative estimate of drug-likeness (QED) is 0.884. The molecule has 1 aromatic heterocycles. The van der Waals surface area contributed by atoms with Gasteiger partial charge in [-0.2, -0.15) is 5.10 Å². The van der Waals surface area contributed by atoms with Crippen molar-refractivity contribution in [3.8, 4) is 5.75 Å². The number of hydrogen-bond donors (Lipinski definition) is 1. The number of para-hydroxylation sites is 1. The van der Waals surface area contributed by atoms with Gasteiger partial charge >= 0.3 is 0 Å². The number of benzene rings is 1. The van der Waals surface area contributed by atoms with Crippen LogP contribution in [0.3, 0.4) is 0 Å². The largest absolute Gasteiger partial charge is 0.471 e. The molecule has 1 aromatic carbocycles. The lowest BCUT2D eigenvalue weighted by Crippen LogP contribution is -2.35. The number of Topliss-reactive ketones (excluding diaryl/α,β-unsaturated/α-hetero) is 1. The van der Waals surface area contributed by atoms with Crippen molar-refractivity contribution in [2.75, 3.05) is 6.54 Å². The molecule has 0 atom stereocenters. The van der Waals surface area contributed by atoms with Gasteiger partial charge in [0.15, 0.2) is 12.5 Å². The van der Waals surface area contributed by atoms with E-state index in [1.807, 2.05) is 52.0 Å². The van der Waals surface area contributed by atoms with Gasteiger partial charge in [0.2, 0.25) is 0 Å². The highest BCUT2D eigenvalue weighted by Gasteiger charge is 2.22. The molecule has 2 rings (SSSR count). The number of hydrogen-bond acceptors (Lipinski definition) is 4. The number of amides is 1. The number of aryl methyl sites for hydroxylation is 1. The Morgan fingerprint density at radius 2 is 1.92 bits per heavy atom. The molecule has 2 aromatic rings. The average Bonchev–Trinajstić information content (AvgIpc) is 2.99. The summed E-state index contributed by atoms with van der Waals surface area (Å²) in [5.41, 5.74) is 0.807. The van der Waals surface area contributed by atoms with Crippen molar-refractivity contribution < 1.29 is 14.3 Å². The van der Waals surface area contributed by atoms with Crippen LogP contribution in [0.4, 0.5) is 0 Å². The zero-order valence-electron chi connectivity index (χ0n) is 14.5. The molecule has 0 unspecified atom stereocenters. The van der Waals surface area contributed by atoms with E-state index in [2.05, 4.69) is 10.4 Å². The summed E-state index contributed by atoms with van der Waals surface area (Å²) >= 11 is 0. The zero-order valence-corrected chi connectivity index (χ0v) is 14.5. The Balaban J connectivity index is 1.89. The highest BCUT2D eigenvalue weighted by molar-refractivity contribution is 5.96. The molecule has 0 aliphatic carbocycles. The van der Waals surface area contributed by atoms with E-state index in [1.165, 1.54) is 4.68 Å². The monoisotopic (exact) mass is 329 g/mol. The number of ketones is 1. The first-order chi connectivity index (χ1) is 11.3. The Kier molecular flexibility index (Phi) is 5.39. The Hall–Kier alpha value is -2.63. The molecule has 0 spiro atoms. The summed E-state index contributed by atoms with van der Waals surface area (Å²) in [6.45, 7) is 7.62. The molecule has 0 aliphatic rings. The molecule has 0 aliphatic heterocycles. The Labute approximate surface area is 141 Å². The maximum atomic E-state index is 12.0. The summed E-state index contributed by atoms with van der Waals surface area (Å²) in [5, 5.41) is 6.76. The van der Waals surface area contributed by atoms with E-state index >= 15 is 0 Å². The van der Waals surface area contributed by atoms with Crippen LogP contribution in [-0.4, -0.2) is 28.0 Å². The first-order valence-electron chi connectivity index (χ1n) is 7.81. The highest BCUT2D eigenvalue weighted by atomic mass is 16.5. The van der Waals surface area contributed by atoms with Crippen molar-refractivity contribution in [3.05, 3.63) is 47.8 Å². The molecule has 0 fully saturated rings. The van der Waals surface area contributed by atoms with Gasteiger partial charge in [-0.15, -0.1) is 0 Å². The van der Waals surface area contributed by atoms with E-state index in [0.717, 1.165) is 11.3 Å². The Morgan fingerprint density at radius 3 is 2.58 bits per heavy atom. The lowest BCUT2D eigenvalue weighted by atomic mass is 9.91. The highest BCUT2D eigenvalue weighted by Crippen LogP contribution is 2.16. The lowest BCUT2D eigenvalue weighted by molar-refractivity contribution is -0.125. The third kappa shape index (κ3) is 4.68. The second kappa shape index (κ2) is 7.29. The smallest absolute Gasteiger partial charge is 0.272 e. The standard InChI is InChI=1S/C18H23N3O3/c1-13-7-5-6-8-15(13)24-12-21-10-9-14(20-21)17(23)19-11-16(22)18(2,3)4/h5-10H,11-12H2,1-4H3,(H,19,23). The van der Waals surface area contributed by atoms with E-state index in [4.69, 9.17) is 4.74 Å². The molecule has 0 bridgehead atoms. The fraction of sp³-hybridized carbons (Fsp3) is 0.389. The first kappa shape index (κ1) is 17.7. The third-order valence-electron chi connectivity index (χ3n) is 3.57. The number of ether oxygens (including phenoxy) is 1. The normalized spacial score (nSPS) is 11.2. The summed E-state index contributed by atoms with van der Waals surface area (Å²) in [7, 11) is 0. The Bertz CT molecular complexity index is 729. The van der Waals surface area contributed by atoms with E-state index in [-0.39, 0.29) is 30.7 Å². The minimum Gasteiger partial charge on any atom is -0.471 e. The predicted molar refractivity (Wildman–Crippen MR) is 90.8 cm³/mol. The molecule has 1 N–H and O–H groups in total. The molecule has 128 valence electrons. The van der Waals surface area contributed by atoms with Gasteiger partial charge in [0, 0.05) is 11.6 Å². The van der Waals surface area contributed by atoms with Crippen molar-refractivity contribution in [2.24, 2.45) is 5.41 Å². The number of nitrogens with zero attached hydrogens (tertiary/aromatic N) is 2. The molecule has 6 nitrogen and oxygen atoms in total. The van der Waals surface area contributed by atoms with Crippen LogP contribution >= 0.6 is 0 Å². The van der Waals surface area contributed by atoms with Crippen LogP contribution in [0.5, 0.6) is 5.75 Å². The molecule has 1 amide bonds. The molecular formula is C18H23N3O3. The van der Waals surface area contributed by atoms with Crippen LogP contribution in [0.15, 0.2) is 36.5 Å². The van der Waals surface area contributed by atoms with Crippen LogP contribution < -0.4 is 10.1 Å². The van der Waals surface area contributed by atoms with Crippen molar-refractivity contribution in [1.29, 1.82) is 0 Å². The molecule has 1 heterocycles. The van der Waals surface area contributed by atoms with E-state index in [1.54, 1.807) is 12.3 Å². The van der Waals surface area contributed by atoms with Gasteiger partial charge in [0.25, 0.3) is 5.91 Å². The minimum atomic E-state index is -0.478. The second-order valence-electron chi connectivity index (χ2n) is 6.64. The fourth-order valence-corrected chi connectivity index (χ4v) is 1.93. The second-order valence-corrected chi connectivity index (χ2v) is 6.64. The van der Waals surface area contributed by atoms with E-state index in [9.17, 15) is 9.59 Å². The first-order valence-corrected chi connectivity index (χ1v) is 7.81. The van der Waals surface area contributed by atoms with Gasteiger partial charge in [-0.25, -0.2) is 4.68 Å². The molecule has 24 heavy (non-hydrogen) atoms. The molecule has 0 radical (unpaired) electrons. The number of carbonyl (C=O) groups is 2. The van der Waals surface area contributed by atoms with Gasteiger partial charge in [-0.05, 0) is 24.6 Å². The van der Waals surface area contributed by atoms with Gasteiger partial charge in [-0.1, -0.05) is 39.0 Å². The zero-order chi connectivity index (χ0) is 17.7. The van der Waals surface area contributed by atoms with Crippen molar-refractivity contribution in [2.45, 2.75) is 34.4 Å². The van der Waals surface area contributed by atoms with Crippen LogP contribution in [0.2, 0.25) is 0 Å². The summed E-state index contributed by atoms with van der Waals surface area (Å²) in [5.74, 6) is 0.371. The molecule has 0 saturated heterocycles. The summed E-state index contributed by atoms with van der Waals surface area (Å²) < 4.78 is 7.21. The van der Waals surface area contributed by atoms with Crippen molar-refractivity contribution in [3.63, 3.8) is 0 Å². The molecule has 0 saturated carbocycles.